The third kappa shape index (κ3) is 2.27. The van der Waals surface area contributed by atoms with E-state index in [1.807, 2.05) is 6.92 Å². The summed E-state index contributed by atoms with van der Waals surface area (Å²) in [6.07, 6.45) is -0.0144. The first-order valence-corrected chi connectivity index (χ1v) is 6.52. The summed E-state index contributed by atoms with van der Waals surface area (Å²) in [6.45, 7) is 1.90. The summed E-state index contributed by atoms with van der Waals surface area (Å²) in [5.41, 5.74) is 8.15. The van der Waals surface area contributed by atoms with Crippen LogP contribution in [0.15, 0.2) is 36.4 Å². The molecule has 1 aliphatic heterocycles. The minimum Gasteiger partial charge on any atom is -0.485 e. The van der Waals surface area contributed by atoms with Gasteiger partial charge in [-0.15, -0.1) is 0 Å². The summed E-state index contributed by atoms with van der Waals surface area (Å²) in [4.78, 5) is 0. The number of fused-ring (bicyclic) bond motifs is 1. The van der Waals surface area contributed by atoms with Crippen molar-refractivity contribution in [2.75, 3.05) is 0 Å². The smallest absolute Gasteiger partial charge is 0.130 e. The highest BCUT2D eigenvalue weighted by atomic mass is 19.1. The average Bonchev–Trinajstić information content (AvgIpc) is 2.42. The van der Waals surface area contributed by atoms with Crippen molar-refractivity contribution in [1.82, 2.24) is 0 Å². The lowest BCUT2D eigenvalue weighted by Crippen LogP contribution is -2.25. The number of nitrogens with two attached hydrogens (primary N) is 1. The van der Waals surface area contributed by atoms with Crippen LogP contribution >= 0.6 is 0 Å². The predicted octanol–water partition coefficient (Wildman–Crippen LogP) is 3.80. The van der Waals surface area contributed by atoms with E-state index < -0.39 is 6.10 Å². The number of hydrogen-bond donors (Lipinski definition) is 1. The van der Waals surface area contributed by atoms with Crippen LogP contribution in [0.3, 0.4) is 0 Å². The van der Waals surface area contributed by atoms with Crippen LogP contribution in [0.25, 0.3) is 0 Å². The van der Waals surface area contributed by atoms with E-state index in [-0.39, 0.29) is 17.7 Å². The molecule has 104 valence electrons. The quantitative estimate of drug-likeness (QED) is 0.859. The summed E-state index contributed by atoms with van der Waals surface area (Å²) in [5.74, 6) is -0.127. The highest BCUT2D eigenvalue weighted by Gasteiger charge is 2.29. The SMILES string of the molecule is Cc1ccc(F)c(C2C[C@H](N)c3cc(F)ccc3O2)c1. The lowest BCUT2D eigenvalue weighted by Gasteiger charge is -2.30. The Bertz CT molecular complexity index is 657. The molecule has 0 bridgehead atoms. The lowest BCUT2D eigenvalue weighted by molar-refractivity contribution is 0.157. The summed E-state index contributed by atoms with van der Waals surface area (Å²) < 4.78 is 33.0. The standard InChI is InChI=1S/C16H15F2NO/c1-9-2-4-13(18)11(6-9)16-8-14(19)12-7-10(17)3-5-15(12)20-16/h2-7,14,16H,8,19H2,1H3/t14-,16?/m0/s1. The van der Waals surface area contributed by atoms with E-state index >= 15 is 0 Å². The van der Waals surface area contributed by atoms with Crippen LogP contribution in [0, 0.1) is 18.6 Å². The molecule has 0 spiro atoms. The Kier molecular flexibility index (Phi) is 3.18. The second kappa shape index (κ2) is 4.87. The van der Waals surface area contributed by atoms with E-state index in [0.717, 1.165) is 5.56 Å². The van der Waals surface area contributed by atoms with Crippen molar-refractivity contribution in [3.63, 3.8) is 0 Å². The van der Waals surface area contributed by atoms with Crippen molar-refractivity contribution in [3.8, 4) is 5.75 Å². The van der Waals surface area contributed by atoms with Crippen LogP contribution in [0.2, 0.25) is 0 Å². The molecule has 0 fully saturated rings. The van der Waals surface area contributed by atoms with Crippen molar-refractivity contribution < 1.29 is 13.5 Å². The van der Waals surface area contributed by atoms with Crippen LogP contribution in [0.4, 0.5) is 8.78 Å². The van der Waals surface area contributed by atoms with E-state index in [9.17, 15) is 8.78 Å². The molecule has 1 heterocycles. The zero-order valence-corrected chi connectivity index (χ0v) is 11.1. The van der Waals surface area contributed by atoms with Gasteiger partial charge in [0.1, 0.15) is 23.5 Å². The van der Waals surface area contributed by atoms with Gasteiger partial charge in [-0.05, 0) is 37.3 Å². The molecule has 2 aromatic rings. The summed E-state index contributed by atoms with van der Waals surface area (Å²) in [6, 6.07) is 8.79. The fourth-order valence-electron chi connectivity index (χ4n) is 2.58. The van der Waals surface area contributed by atoms with Gasteiger partial charge >= 0.3 is 0 Å². The minimum atomic E-state index is -0.442. The van der Waals surface area contributed by atoms with Gasteiger partial charge in [0.25, 0.3) is 0 Å². The van der Waals surface area contributed by atoms with Gasteiger partial charge < -0.3 is 10.5 Å². The molecular weight excluding hydrogens is 260 g/mol. The molecule has 20 heavy (non-hydrogen) atoms. The predicted molar refractivity (Wildman–Crippen MR) is 72.5 cm³/mol. The Hall–Kier alpha value is -1.94. The molecule has 2 nitrogen and oxygen atoms in total. The van der Waals surface area contributed by atoms with Gasteiger partial charge in [-0.1, -0.05) is 11.6 Å². The molecule has 1 unspecified atom stereocenters. The van der Waals surface area contributed by atoms with Crippen molar-refractivity contribution in [2.24, 2.45) is 5.73 Å². The van der Waals surface area contributed by atoms with Gasteiger partial charge in [0.15, 0.2) is 0 Å². The molecule has 0 radical (unpaired) electrons. The largest absolute Gasteiger partial charge is 0.485 e. The topological polar surface area (TPSA) is 35.2 Å². The van der Waals surface area contributed by atoms with Gasteiger partial charge in [0.2, 0.25) is 0 Å². The molecular formula is C16H15F2NO. The van der Waals surface area contributed by atoms with Crippen molar-refractivity contribution in [2.45, 2.75) is 25.5 Å². The van der Waals surface area contributed by atoms with E-state index in [0.29, 0.717) is 23.3 Å². The molecule has 1 aliphatic rings. The van der Waals surface area contributed by atoms with Crippen LogP contribution in [-0.2, 0) is 0 Å². The molecule has 0 saturated carbocycles. The maximum absolute atomic E-state index is 13.9. The Morgan fingerprint density at radius 3 is 2.70 bits per heavy atom. The van der Waals surface area contributed by atoms with Crippen LogP contribution in [-0.4, -0.2) is 0 Å². The van der Waals surface area contributed by atoms with E-state index in [4.69, 9.17) is 10.5 Å². The molecule has 0 aliphatic carbocycles. The van der Waals surface area contributed by atoms with Crippen LogP contribution in [0.1, 0.15) is 35.3 Å². The van der Waals surface area contributed by atoms with Crippen molar-refractivity contribution in [3.05, 3.63) is 64.7 Å². The maximum Gasteiger partial charge on any atom is 0.130 e. The Morgan fingerprint density at radius 1 is 1.10 bits per heavy atom. The first-order chi connectivity index (χ1) is 9.54. The second-order valence-electron chi connectivity index (χ2n) is 5.16. The average molecular weight is 275 g/mol. The zero-order valence-electron chi connectivity index (χ0n) is 11.1. The number of ether oxygens (including phenoxy) is 1. The molecule has 0 saturated heterocycles. The molecule has 2 atom stereocenters. The van der Waals surface area contributed by atoms with Crippen molar-refractivity contribution >= 4 is 0 Å². The molecule has 0 aromatic heterocycles. The van der Waals surface area contributed by atoms with Crippen LogP contribution in [0.5, 0.6) is 5.75 Å². The van der Waals surface area contributed by atoms with Gasteiger partial charge in [0.05, 0.1) is 0 Å². The zero-order chi connectivity index (χ0) is 14.3. The van der Waals surface area contributed by atoms with Gasteiger partial charge in [0, 0.05) is 23.6 Å². The molecule has 2 N–H and O–H groups in total. The normalized spacial score (nSPS) is 21.2. The summed E-state index contributed by atoms with van der Waals surface area (Å²) >= 11 is 0. The fourth-order valence-corrected chi connectivity index (χ4v) is 2.58. The highest BCUT2D eigenvalue weighted by Crippen LogP contribution is 2.40. The van der Waals surface area contributed by atoms with E-state index in [2.05, 4.69) is 0 Å². The maximum atomic E-state index is 13.9. The van der Waals surface area contributed by atoms with Gasteiger partial charge in [-0.3, -0.25) is 0 Å². The molecule has 3 rings (SSSR count). The number of hydrogen-bond acceptors (Lipinski definition) is 2. The Morgan fingerprint density at radius 2 is 1.90 bits per heavy atom. The molecule has 4 heteroatoms. The second-order valence-corrected chi connectivity index (χ2v) is 5.16. The number of aryl methyl sites for hydroxylation is 1. The number of halogens is 2. The number of benzene rings is 2. The first kappa shape index (κ1) is 13.1. The van der Waals surface area contributed by atoms with Gasteiger partial charge in [-0.2, -0.15) is 0 Å². The van der Waals surface area contributed by atoms with Crippen LogP contribution < -0.4 is 10.5 Å². The monoisotopic (exact) mass is 275 g/mol. The fraction of sp³-hybridized carbons (Fsp3) is 0.250. The van der Waals surface area contributed by atoms with Crippen molar-refractivity contribution in [1.29, 1.82) is 0 Å². The lowest BCUT2D eigenvalue weighted by atomic mass is 9.92. The number of rotatable bonds is 1. The van der Waals surface area contributed by atoms with Gasteiger partial charge in [-0.25, -0.2) is 8.78 Å². The summed E-state index contributed by atoms with van der Waals surface area (Å²) in [5, 5.41) is 0. The van der Waals surface area contributed by atoms with E-state index in [1.165, 1.54) is 18.2 Å². The van der Waals surface area contributed by atoms with E-state index in [1.54, 1.807) is 18.2 Å². The first-order valence-electron chi connectivity index (χ1n) is 6.52. The highest BCUT2D eigenvalue weighted by molar-refractivity contribution is 5.40. The minimum absolute atomic E-state index is 0.307. The Balaban J connectivity index is 1.99. The Labute approximate surface area is 116 Å². The molecule has 2 aromatic carbocycles. The third-order valence-corrected chi connectivity index (χ3v) is 3.61. The molecule has 0 amide bonds. The summed E-state index contributed by atoms with van der Waals surface area (Å²) in [7, 11) is 0. The third-order valence-electron chi connectivity index (χ3n) is 3.61.